The van der Waals surface area contributed by atoms with E-state index in [1.54, 1.807) is 0 Å². The van der Waals surface area contributed by atoms with E-state index in [4.69, 9.17) is 0 Å². The van der Waals surface area contributed by atoms with Crippen molar-refractivity contribution in [2.75, 3.05) is 0 Å². The van der Waals surface area contributed by atoms with Gasteiger partial charge in [-0.05, 0) is 12.1 Å². The van der Waals surface area contributed by atoms with E-state index in [1.807, 2.05) is 0 Å². The maximum atomic E-state index is 13.3. The lowest BCUT2D eigenvalue weighted by Gasteiger charge is -2.32. The molecule has 0 spiro atoms. The van der Waals surface area contributed by atoms with Crippen molar-refractivity contribution in [3.63, 3.8) is 0 Å². The number of rotatable bonds is 6. The predicted molar refractivity (Wildman–Crippen MR) is 63.5 cm³/mol. The van der Waals surface area contributed by atoms with Gasteiger partial charge in [-0.1, -0.05) is 0 Å². The summed E-state index contributed by atoms with van der Waals surface area (Å²) in [7, 11) is -7.08. The largest absolute Gasteiger partial charge is 0.460 e. The molecular formula is C10H4F9NO5S. The summed E-state index contributed by atoms with van der Waals surface area (Å²) >= 11 is 0. The monoisotopic (exact) mass is 421 g/mol. The van der Waals surface area contributed by atoms with Gasteiger partial charge in [-0.25, -0.2) is 0 Å². The molecule has 1 aromatic carbocycles. The van der Waals surface area contributed by atoms with E-state index in [0.29, 0.717) is 24.3 Å². The number of alkyl halides is 9. The number of non-ortho nitro benzene ring substituents is 1. The minimum atomic E-state index is -7.43. The highest BCUT2D eigenvalue weighted by atomic mass is 32.2. The molecule has 0 heterocycles. The normalized spacial score (nSPS) is 14.2. The van der Waals surface area contributed by atoms with E-state index >= 15 is 0 Å². The van der Waals surface area contributed by atoms with Crippen molar-refractivity contribution >= 4 is 15.8 Å². The molecule has 0 aliphatic carbocycles. The molecule has 0 bridgehead atoms. The van der Waals surface area contributed by atoms with Gasteiger partial charge in [-0.2, -0.15) is 47.9 Å². The van der Waals surface area contributed by atoms with Gasteiger partial charge in [0.05, 0.1) is 4.92 Å². The van der Waals surface area contributed by atoms with Crippen LogP contribution in [-0.4, -0.2) is 36.6 Å². The Bertz CT molecular complexity index is 788. The molecule has 26 heavy (non-hydrogen) atoms. The average Bonchev–Trinajstić information content (AvgIpc) is 2.45. The molecule has 0 fully saturated rings. The molecule has 1 rings (SSSR count). The smallest absolute Gasteiger partial charge is 0.378 e. The third-order valence-corrected chi connectivity index (χ3v) is 3.98. The third-order valence-electron chi connectivity index (χ3n) is 2.68. The van der Waals surface area contributed by atoms with Crippen molar-refractivity contribution in [1.29, 1.82) is 0 Å². The van der Waals surface area contributed by atoms with Crippen molar-refractivity contribution in [2.24, 2.45) is 0 Å². The van der Waals surface area contributed by atoms with Crippen molar-refractivity contribution in [3.05, 3.63) is 34.4 Å². The van der Waals surface area contributed by atoms with Crippen LogP contribution in [0.3, 0.4) is 0 Å². The van der Waals surface area contributed by atoms with Crippen LogP contribution in [-0.2, 0) is 10.1 Å². The number of nitro groups is 1. The Morgan fingerprint density at radius 3 is 1.62 bits per heavy atom. The van der Waals surface area contributed by atoms with Gasteiger partial charge < -0.3 is 4.18 Å². The zero-order valence-electron chi connectivity index (χ0n) is 11.6. The minimum absolute atomic E-state index is 0.311. The lowest BCUT2D eigenvalue weighted by molar-refractivity contribution is -0.384. The zero-order chi connectivity index (χ0) is 20.8. The number of halogens is 9. The van der Waals surface area contributed by atoms with Crippen LogP contribution < -0.4 is 4.18 Å². The van der Waals surface area contributed by atoms with E-state index < -0.39 is 49.8 Å². The van der Waals surface area contributed by atoms with Crippen molar-refractivity contribution in [1.82, 2.24) is 0 Å². The topological polar surface area (TPSA) is 86.5 Å². The van der Waals surface area contributed by atoms with Crippen molar-refractivity contribution in [3.8, 4) is 5.75 Å². The van der Waals surface area contributed by atoms with Crippen molar-refractivity contribution in [2.45, 2.75) is 23.3 Å². The quantitative estimate of drug-likeness (QED) is 0.303. The summed E-state index contributed by atoms with van der Waals surface area (Å²) in [5, 5.41) is 3.32. The molecule has 1 aromatic rings. The molecular weight excluding hydrogens is 417 g/mol. The summed E-state index contributed by atoms with van der Waals surface area (Å²) in [5.74, 6) is -16.1. The highest BCUT2D eigenvalue weighted by molar-refractivity contribution is 7.88. The molecule has 0 N–H and O–H groups in total. The fourth-order valence-electron chi connectivity index (χ4n) is 1.32. The number of hydrogen-bond donors (Lipinski definition) is 0. The van der Waals surface area contributed by atoms with E-state index in [2.05, 4.69) is 4.18 Å². The van der Waals surface area contributed by atoms with Gasteiger partial charge in [0, 0.05) is 12.1 Å². The fourth-order valence-corrected chi connectivity index (χ4v) is 2.23. The Morgan fingerprint density at radius 2 is 1.27 bits per heavy atom. The molecule has 0 aliphatic heterocycles. The van der Waals surface area contributed by atoms with Gasteiger partial charge in [0.2, 0.25) is 0 Å². The second-order valence-corrected chi connectivity index (χ2v) is 6.04. The first-order valence-corrected chi connectivity index (χ1v) is 7.18. The Labute approximate surface area is 137 Å². The predicted octanol–water partition coefficient (Wildman–Crippen LogP) is 3.73. The summed E-state index contributed by atoms with van der Waals surface area (Å²) in [5.41, 5.74) is -0.726. The highest BCUT2D eigenvalue weighted by Crippen LogP contribution is 2.54. The summed E-state index contributed by atoms with van der Waals surface area (Å²) in [6.07, 6.45) is -7.21. The van der Waals surface area contributed by atoms with Gasteiger partial charge >= 0.3 is 33.4 Å². The number of hydrogen-bond acceptors (Lipinski definition) is 5. The van der Waals surface area contributed by atoms with Crippen LogP contribution in [0.25, 0.3) is 0 Å². The molecule has 0 atom stereocenters. The van der Waals surface area contributed by atoms with Gasteiger partial charge in [0.15, 0.2) is 0 Å². The SMILES string of the molecule is O=[N+]([O-])c1ccc(OS(=O)(=O)C(F)(F)C(F)(F)C(F)(F)C(F)(F)F)cc1. The second kappa shape index (κ2) is 6.17. The van der Waals surface area contributed by atoms with Crippen molar-refractivity contribution < 1.29 is 57.0 Å². The Balaban J connectivity index is 3.30. The first kappa shape index (κ1) is 21.8. The van der Waals surface area contributed by atoms with Gasteiger partial charge in [-0.3, -0.25) is 10.1 Å². The molecule has 0 saturated heterocycles. The average molecular weight is 421 g/mol. The van der Waals surface area contributed by atoms with E-state index in [0.717, 1.165) is 0 Å². The zero-order valence-corrected chi connectivity index (χ0v) is 12.4. The lowest BCUT2D eigenvalue weighted by atomic mass is 10.1. The molecule has 0 saturated carbocycles. The van der Waals surface area contributed by atoms with E-state index in [1.165, 1.54) is 0 Å². The molecule has 0 aliphatic rings. The van der Waals surface area contributed by atoms with Crippen LogP contribution in [0, 0.1) is 10.1 Å². The number of benzene rings is 1. The maximum Gasteiger partial charge on any atom is 0.460 e. The van der Waals surface area contributed by atoms with Gasteiger partial charge in [0.1, 0.15) is 5.75 Å². The summed E-state index contributed by atoms with van der Waals surface area (Å²) in [6, 6.07) is 1.55. The Kier molecular flexibility index (Phi) is 5.17. The molecule has 0 unspecified atom stereocenters. The van der Waals surface area contributed by atoms with Crippen LogP contribution >= 0.6 is 0 Å². The number of nitro benzene ring substituents is 1. The van der Waals surface area contributed by atoms with Gasteiger partial charge in [0.25, 0.3) is 5.69 Å². The van der Waals surface area contributed by atoms with E-state index in [9.17, 15) is 58.0 Å². The second-order valence-electron chi connectivity index (χ2n) is 4.45. The molecule has 148 valence electrons. The van der Waals surface area contributed by atoms with Crippen LogP contribution in [0.4, 0.5) is 45.2 Å². The Morgan fingerprint density at radius 1 is 0.846 bits per heavy atom. The Hall–Kier alpha value is -2.26. The fraction of sp³-hybridized carbons (Fsp3) is 0.400. The van der Waals surface area contributed by atoms with Gasteiger partial charge in [-0.15, -0.1) is 0 Å². The summed E-state index contributed by atoms with van der Waals surface area (Å²) < 4.78 is 140. The van der Waals surface area contributed by atoms with Crippen LogP contribution in [0.2, 0.25) is 0 Å². The van der Waals surface area contributed by atoms with Crippen LogP contribution in [0.5, 0.6) is 5.75 Å². The first-order valence-electron chi connectivity index (χ1n) is 5.77. The molecule has 16 heteroatoms. The number of nitrogens with zero attached hydrogens (tertiary/aromatic N) is 1. The van der Waals surface area contributed by atoms with E-state index in [-0.39, 0.29) is 0 Å². The lowest BCUT2D eigenvalue weighted by Crippen LogP contribution is -2.63. The highest BCUT2D eigenvalue weighted by Gasteiger charge is 2.86. The molecule has 6 nitrogen and oxygen atoms in total. The van der Waals surface area contributed by atoms with Crippen LogP contribution in [0.1, 0.15) is 0 Å². The first-order chi connectivity index (χ1) is 11.4. The summed E-state index contributed by atoms with van der Waals surface area (Å²) in [6.45, 7) is 0. The maximum absolute atomic E-state index is 13.3. The molecule has 0 amide bonds. The standard InChI is InChI=1S/C10H4F9NO5S/c11-7(12,9(15,16)17)8(13,14)10(18,19)26(23,24)25-6-3-1-5(2-4-6)20(21)22/h1-4H. The summed E-state index contributed by atoms with van der Waals surface area (Å²) in [4.78, 5) is 9.29. The van der Waals surface area contributed by atoms with Crippen LogP contribution in [0.15, 0.2) is 24.3 Å². The molecule has 0 radical (unpaired) electrons. The third kappa shape index (κ3) is 3.36. The molecule has 0 aromatic heterocycles. The minimum Gasteiger partial charge on any atom is -0.378 e.